The Balaban J connectivity index is 1.65. The first-order valence-electron chi connectivity index (χ1n) is 6.81. The van der Waals surface area contributed by atoms with Crippen LogP contribution in [-0.2, 0) is 4.79 Å². The molecule has 1 aliphatic heterocycles. The van der Waals surface area contributed by atoms with Gasteiger partial charge in [0.05, 0.1) is 16.9 Å². The first-order chi connectivity index (χ1) is 11.0. The van der Waals surface area contributed by atoms with E-state index in [4.69, 9.17) is 5.73 Å². The van der Waals surface area contributed by atoms with Gasteiger partial charge in [-0.2, -0.15) is 0 Å². The number of benzene rings is 2. The van der Waals surface area contributed by atoms with Crippen LogP contribution in [0.2, 0.25) is 0 Å². The van der Waals surface area contributed by atoms with Crippen LogP contribution in [0.25, 0.3) is 0 Å². The number of nitrogens with one attached hydrogen (secondary N) is 2. The Kier molecular flexibility index (Phi) is 4.03. The van der Waals surface area contributed by atoms with Gasteiger partial charge >= 0.3 is 0 Å². The Hall–Kier alpha value is -2.80. The minimum atomic E-state index is -0.451. The summed E-state index contributed by atoms with van der Waals surface area (Å²) in [5.74, 6) is -0.898. The number of carbonyl (C=O) groups excluding carboxylic acids is 3. The summed E-state index contributed by atoms with van der Waals surface area (Å²) in [4.78, 5) is 35.9. The molecule has 0 saturated carbocycles. The number of hydrogen-bond acceptors (Lipinski definition) is 5. The molecule has 116 valence electrons. The SMILES string of the molecule is Nc1ccccc1SCC(=O)Nc1ccc2c(c1)C(=O)NC2=O. The van der Waals surface area contributed by atoms with E-state index in [1.54, 1.807) is 12.1 Å². The summed E-state index contributed by atoms with van der Waals surface area (Å²) < 4.78 is 0. The van der Waals surface area contributed by atoms with Crippen LogP contribution in [0, 0.1) is 0 Å². The van der Waals surface area contributed by atoms with Crippen LogP contribution in [0.3, 0.4) is 0 Å². The van der Waals surface area contributed by atoms with Crippen molar-refractivity contribution in [3.05, 3.63) is 53.6 Å². The molecule has 2 aromatic rings. The van der Waals surface area contributed by atoms with Crippen LogP contribution in [0.4, 0.5) is 11.4 Å². The zero-order chi connectivity index (χ0) is 16.4. The number of nitrogen functional groups attached to an aromatic ring is 1. The van der Waals surface area contributed by atoms with Gasteiger partial charge in [-0.3, -0.25) is 19.7 Å². The molecule has 4 N–H and O–H groups in total. The van der Waals surface area contributed by atoms with Crippen LogP contribution in [0.5, 0.6) is 0 Å². The topological polar surface area (TPSA) is 101 Å². The summed E-state index contributed by atoms with van der Waals surface area (Å²) in [6.45, 7) is 0. The molecule has 7 heteroatoms. The van der Waals surface area contributed by atoms with Crippen molar-refractivity contribution in [2.75, 3.05) is 16.8 Å². The van der Waals surface area contributed by atoms with E-state index in [2.05, 4.69) is 10.6 Å². The molecule has 0 aromatic heterocycles. The van der Waals surface area contributed by atoms with E-state index in [1.807, 2.05) is 18.2 Å². The fourth-order valence-corrected chi connectivity index (χ4v) is 2.97. The van der Waals surface area contributed by atoms with E-state index in [0.29, 0.717) is 16.9 Å². The standard InChI is InChI=1S/C16H13N3O3S/c17-12-3-1-2-4-13(12)23-8-14(20)18-9-5-6-10-11(7-9)16(22)19-15(10)21/h1-7H,8,17H2,(H,18,20)(H,19,21,22). The van der Waals surface area contributed by atoms with Gasteiger partial charge in [-0.1, -0.05) is 12.1 Å². The molecular formula is C16H13N3O3S. The molecule has 3 amide bonds. The Bertz CT molecular complexity index is 820. The summed E-state index contributed by atoms with van der Waals surface area (Å²) in [6, 6.07) is 11.9. The third-order valence-corrected chi connectivity index (χ3v) is 4.39. The largest absolute Gasteiger partial charge is 0.398 e. The molecular weight excluding hydrogens is 314 g/mol. The highest BCUT2D eigenvalue weighted by Gasteiger charge is 2.26. The molecule has 0 unspecified atom stereocenters. The summed E-state index contributed by atoms with van der Waals surface area (Å²) in [5.41, 5.74) is 7.51. The molecule has 0 spiro atoms. The average Bonchev–Trinajstić information content (AvgIpc) is 2.81. The molecule has 0 radical (unpaired) electrons. The van der Waals surface area contributed by atoms with Gasteiger partial charge in [0.1, 0.15) is 0 Å². The third-order valence-electron chi connectivity index (χ3n) is 3.30. The van der Waals surface area contributed by atoms with Crippen molar-refractivity contribution in [3.8, 4) is 0 Å². The van der Waals surface area contributed by atoms with Gasteiger partial charge < -0.3 is 11.1 Å². The predicted octanol–water partition coefficient (Wildman–Crippen LogP) is 1.88. The molecule has 0 atom stereocenters. The predicted molar refractivity (Wildman–Crippen MR) is 88.4 cm³/mol. The summed E-state index contributed by atoms with van der Waals surface area (Å²) in [5, 5.41) is 4.91. The average molecular weight is 327 g/mol. The Morgan fingerprint density at radius 2 is 1.83 bits per heavy atom. The molecule has 1 aliphatic rings. The lowest BCUT2D eigenvalue weighted by Crippen LogP contribution is -2.19. The lowest BCUT2D eigenvalue weighted by atomic mass is 10.1. The highest BCUT2D eigenvalue weighted by molar-refractivity contribution is 8.00. The van der Waals surface area contributed by atoms with E-state index < -0.39 is 11.8 Å². The van der Waals surface area contributed by atoms with E-state index in [0.717, 1.165) is 4.90 Å². The van der Waals surface area contributed by atoms with Crippen molar-refractivity contribution < 1.29 is 14.4 Å². The maximum absolute atomic E-state index is 12.0. The zero-order valence-corrected chi connectivity index (χ0v) is 12.8. The molecule has 1 heterocycles. The fraction of sp³-hybridized carbons (Fsp3) is 0.0625. The van der Waals surface area contributed by atoms with E-state index in [1.165, 1.54) is 23.9 Å². The van der Waals surface area contributed by atoms with Crippen molar-refractivity contribution in [1.82, 2.24) is 5.32 Å². The van der Waals surface area contributed by atoms with Crippen LogP contribution in [0.1, 0.15) is 20.7 Å². The highest BCUT2D eigenvalue weighted by Crippen LogP contribution is 2.25. The lowest BCUT2D eigenvalue weighted by Gasteiger charge is -2.07. The van der Waals surface area contributed by atoms with Gasteiger partial charge in [0.2, 0.25) is 5.91 Å². The van der Waals surface area contributed by atoms with Crippen molar-refractivity contribution in [2.24, 2.45) is 0 Å². The molecule has 2 aromatic carbocycles. The van der Waals surface area contributed by atoms with Crippen molar-refractivity contribution in [1.29, 1.82) is 0 Å². The highest BCUT2D eigenvalue weighted by atomic mass is 32.2. The van der Waals surface area contributed by atoms with Crippen LogP contribution < -0.4 is 16.4 Å². The summed E-state index contributed by atoms with van der Waals surface area (Å²) in [6.07, 6.45) is 0. The smallest absolute Gasteiger partial charge is 0.259 e. The fourth-order valence-electron chi connectivity index (χ4n) is 2.20. The summed E-state index contributed by atoms with van der Waals surface area (Å²) in [7, 11) is 0. The second-order valence-electron chi connectivity index (χ2n) is 4.92. The molecule has 0 fully saturated rings. The van der Waals surface area contributed by atoms with E-state index >= 15 is 0 Å². The molecule has 0 bridgehead atoms. The number of hydrogen-bond donors (Lipinski definition) is 3. The first-order valence-corrected chi connectivity index (χ1v) is 7.80. The number of amides is 3. The monoisotopic (exact) mass is 327 g/mol. The number of fused-ring (bicyclic) bond motifs is 1. The molecule has 0 saturated heterocycles. The van der Waals surface area contributed by atoms with E-state index in [-0.39, 0.29) is 17.2 Å². The van der Waals surface area contributed by atoms with Gasteiger partial charge in [0.25, 0.3) is 11.8 Å². The minimum absolute atomic E-state index is 0.191. The first kappa shape index (κ1) is 15.1. The molecule has 3 rings (SSSR count). The van der Waals surface area contributed by atoms with Gasteiger partial charge in [-0.15, -0.1) is 11.8 Å². The number of para-hydroxylation sites is 1. The normalized spacial score (nSPS) is 12.7. The van der Waals surface area contributed by atoms with Crippen molar-refractivity contribution in [3.63, 3.8) is 0 Å². The Morgan fingerprint density at radius 1 is 1.09 bits per heavy atom. The van der Waals surface area contributed by atoms with Crippen molar-refractivity contribution in [2.45, 2.75) is 4.90 Å². The summed E-state index contributed by atoms with van der Waals surface area (Å²) >= 11 is 1.33. The van der Waals surface area contributed by atoms with Gasteiger partial charge in [-0.05, 0) is 30.3 Å². The van der Waals surface area contributed by atoms with Gasteiger partial charge in [-0.25, -0.2) is 0 Å². The molecule has 0 aliphatic carbocycles. The van der Waals surface area contributed by atoms with Crippen LogP contribution >= 0.6 is 11.8 Å². The lowest BCUT2D eigenvalue weighted by molar-refractivity contribution is -0.113. The Morgan fingerprint density at radius 3 is 2.61 bits per heavy atom. The molecule has 23 heavy (non-hydrogen) atoms. The number of anilines is 2. The quantitative estimate of drug-likeness (QED) is 0.452. The number of nitrogens with two attached hydrogens (primary N) is 1. The van der Waals surface area contributed by atoms with E-state index in [9.17, 15) is 14.4 Å². The third kappa shape index (κ3) is 3.19. The molecule has 6 nitrogen and oxygen atoms in total. The van der Waals surface area contributed by atoms with Crippen molar-refractivity contribution >= 4 is 40.9 Å². The van der Waals surface area contributed by atoms with Crippen LogP contribution in [0.15, 0.2) is 47.4 Å². The number of thioether (sulfide) groups is 1. The minimum Gasteiger partial charge on any atom is -0.398 e. The number of rotatable bonds is 4. The van der Waals surface area contributed by atoms with Crippen LogP contribution in [-0.4, -0.2) is 23.5 Å². The number of carbonyl (C=O) groups is 3. The second kappa shape index (κ2) is 6.13. The second-order valence-corrected chi connectivity index (χ2v) is 5.94. The maximum atomic E-state index is 12.0. The van der Waals surface area contributed by atoms with Gasteiger partial charge in [0, 0.05) is 16.3 Å². The zero-order valence-electron chi connectivity index (χ0n) is 12.0. The number of imide groups is 1. The Labute approximate surface area is 136 Å². The van der Waals surface area contributed by atoms with Gasteiger partial charge in [0.15, 0.2) is 0 Å². The maximum Gasteiger partial charge on any atom is 0.259 e.